The van der Waals surface area contributed by atoms with Crippen molar-refractivity contribution >= 4 is 6.09 Å². The second-order valence-electron chi connectivity index (χ2n) is 4.12. The minimum absolute atomic E-state index is 0.178. The Kier molecular flexibility index (Phi) is 5.94. The molecule has 0 aliphatic carbocycles. The van der Waals surface area contributed by atoms with Gasteiger partial charge in [0, 0.05) is 6.04 Å². The summed E-state index contributed by atoms with van der Waals surface area (Å²) in [6.07, 6.45) is 2.34. The monoisotopic (exact) mass is 249 g/mol. The Morgan fingerprint density at radius 3 is 2.61 bits per heavy atom. The molecule has 0 spiro atoms. The maximum Gasteiger partial charge on any atom is 0.407 e. The molecule has 0 bridgehead atoms. The summed E-state index contributed by atoms with van der Waals surface area (Å²) >= 11 is 0. The van der Waals surface area contributed by atoms with Crippen LogP contribution in [0.1, 0.15) is 19.4 Å². The van der Waals surface area contributed by atoms with Gasteiger partial charge >= 0.3 is 6.09 Å². The van der Waals surface area contributed by atoms with E-state index in [9.17, 15) is 4.79 Å². The third kappa shape index (κ3) is 6.06. The molecule has 1 aromatic carbocycles. The van der Waals surface area contributed by atoms with Crippen molar-refractivity contribution < 1.29 is 14.6 Å². The highest BCUT2D eigenvalue weighted by Gasteiger charge is 2.05. The van der Waals surface area contributed by atoms with E-state index >= 15 is 0 Å². The third-order valence-corrected chi connectivity index (χ3v) is 2.24. The number of hydrogen-bond donors (Lipinski definition) is 2. The van der Waals surface area contributed by atoms with Crippen LogP contribution in [0.25, 0.3) is 0 Å². The summed E-state index contributed by atoms with van der Waals surface area (Å²) in [5.74, 6) is 0. The number of carbonyl (C=O) groups is 1. The van der Waals surface area contributed by atoms with Gasteiger partial charge in [0.2, 0.25) is 0 Å². The second-order valence-corrected chi connectivity index (χ2v) is 4.12. The summed E-state index contributed by atoms with van der Waals surface area (Å²) in [5.41, 5.74) is 0.944. The Labute approximate surface area is 107 Å². The lowest BCUT2D eigenvalue weighted by Gasteiger charge is -2.10. The molecule has 0 heterocycles. The number of alkyl carbamates (subject to hydrolysis) is 1. The number of amides is 1. The topological polar surface area (TPSA) is 58.6 Å². The normalized spacial score (nSPS) is 14.2. The molecular weight excluding hydrogens is 230 g/mol. The Hall–Kier alpha value is -1.81. The van der Waals surface area contributed by atoms with E-state index in [1.54, 1.807) is 19.1 Å². The van der Waals surface area contributed by atoms with E-state index in [4.69, 9.17) is 9.84 Å². The highest BCUT2D eigenvalue weighted by molar-refractivity contribution is 5.67. The van der Waals surface area contributed by atoms with Crippen molar-refractivity contribution in [2.24, 2.45) is 0 Å². The quantitative estimate of drug-likeness (QED) is 0.787. The molecule has 1 rings (SSSR count). The molecule has 0 radical (unpaired) electrons. The molecule has 0 aromatic heterocycles. The number of ether oxygens (including phenoxy) is 1. The van der Waals surface area contributed by atoms with Crippen LogP contribution in [0.5, 0.6) is 0 Å². The van der Waals surface area contributed by atoms with Crippen molar-refractivity contribution in [1.82, 2.24) is 5.32 Å². The van der Waals surface area contributed by atoms with E-state index in [0.29, 0.717) is 0 Å². The van der Waals surface area contributed by atoms with Gasteiger partial charge in [-0.25, -0.2) is 4.79 Å². The summed E-state index contributed by atoms with van der Waals surface area (Å²) < 4.78 is 5.06. The third-order valence-electron chi connectivity index (χ3n) is 2.24. The molecule has 1 amide bonds. The number of benzene rings is 1. The number of carbonyl (C=O) groups excluding carboxylic acids is 1. The number of aliphatic hydroxyl groups excluding tert-OH is 1. The highest BCUT2D eigenvalue weighted by atomic mass is 16.5. The fourth-order valence-corrected chi connectivity index (χ4v) is 1.33. The second kappa shape index (κ2) is 7.50. The smallest absolute Gasteiger partial charge is 0.407 e. The first kappa shape index (κ1) is 14.3. The van der Waals surface area contributed by atoms with E-state index in [0.717, 1.165) is 5.56 Å². The van der Waals surface area contributed by atoms with Crippen molar-refractivity contribution in [1.29, 1.82) is 0 Å². The van der Waals surface area contributed by atoms with E-state index in [2.05, 4.69) is 5.32 Å². The molecule has 1 aromatic rings. The van der Waals surface area contributed by atoms with Crippen LogP contribution in [0.3, 0.4) is 0 Å². The van der Waals surface area contributed by atoms with Crippen molar-refractivity contribution in [3.05, 3.63) is 48.0 Å². The van der Waals surface area contributed by atoms with Gasteiger partial charge < -0.3 is 15.2 Å². The molecule has 0 fully saturated rings. The SMILES string of the molecule is C[C@H](O)/C=C/[C@H](C)NC(=O)OCc1ccccc1. The maximum absolute atomic E-state index is 11.4. The summed E-state index contributed by atoms with van der Waals surface area (Å²) in [6, 6.07) is 9.30. The summed E-state index contributed by atoms with van der Waals surface area (Å²) in [4.78, 5) is 11.4. The molecule has 0 unspecified atom stereocenters. The first-order valence-corrected chi connectivity index (χ1v) is 5.91. The Bertz CT molecular complexity index is 387. The lowest BCUT2D eigenvalue weighted by atomic mass is 10.2. The highest BCUT2D eigenvalue weighted by Crippen LogP contribution is 2.00. The number of hydrogen-bond acceptors (Lipinski definition) is 3. The zero-order valence-electron chi connectivity index (χ0n) is 10.7. The van der Waals surface area contributed by atoms with Gasteiger partial charge in [-0.15, -0.1) is 0 Å². The van der Waals surface area contributed by atoms with Gasteiger partial charge in [-0.1, -0.05) is 42.5 Å². The molecule has 0 saturated carbocycles. The average Bonchev–Trinajstić information content (AvgIpc) is 2.35. The van der Waals surface area contributed by atoms with Crippen LogP contribution in [0.4, 0.5) is 4.79 Å². The molecule has 98 valence electrons. The Balaban J connectivity index is 2.29. The van der Waals surface area contributed by atoms with Crippen molar-refractivity contribution in [3.63, 3.8) is 0 Å². The lowest BCUT2D eigenvalue weighted by molar-refractivity contribution is 0.138. The first-order valence-electron chi connectivity index (χ1n) is 5.91. The molecular formula is C14H19NO3. The van der Waals surface area contributed by atoms with Gasteiger partial charge in [0.1, 0.15) is 6.61 Å². The molecule has 2 atom stereocenters. The van der Waals surface area contributed by atoms with Gasteiger partial charge in [-0.3, -0.25) is 0 Å². The predicted octanol–water partition coefficient (Wildman–Crippen LogP) is 2.24. The summed E-state index contributed by atoms with van der Waals surface area (Å²) in [6.45, 7) is 3.71. The summed E-state index contributed by atoms with van der Waals surface area (Å²) in [5, 5.41) is 11.7. The zero-order chi connectivity index (χ0) is 13.4. The molecule has 18 heavy (non-hydrogen) atoms. The van der Waals surface area contributed by atoms with Crippen LogP contribution < -0.4 is 5.32 Å². The molecule has 0 aliphatic heterocycles. The predicted molar refractivity (Wildman–Crippen MR) is 70.0 cm³/mol. The van der Waals surface area contributed by atoms with Crippen molar-refractivity contribution in [2.75, 3.05) is 0 Å². The van der Waals surface area contributed by atoms with E-state index in [1.165, 1.54) is 0 Å². The first-order chi connectivity index (χ1) is 8.58. The van der Waals surface area contributed by atoms with Gasteiger partial charge in [-0.2, -0.15) is 0 Å². The summed E-state index contributed by atoms with van der Waals surface area (Å²) in [7, 11) is 0. The fourth-order valence-electron chi connectivity index (χ4n) is 1.33. The lowest BCUT2D eigenvalue weighted by Crippen LogP contribution is -2.31. The molecule has 2 N–H and O–H groups in total. The standard InChI is InChI=1S/C14H19NO3/c1-11(8-9-12(2)16)15-14(17)18-10-13-6-4-3-5-7-13/h3-9,11-12,16H,10H2,1-2H3,(H,15,17)/b9-8+/t11-,12-/m0/s1. The van der Waals surface area contributed by atoms with Gasteiger partial charge in [0.15, 0.2) is 0 Å². The zero-order valence-corrected chi connectivity index (χ0v) is 10.7. The number of rotatable bonds is 5. The van der Waals surface area contributed by atoms with Crippen LogP contribution in [-0.2, 0) is 11.3 Å². The van der Waals surface area contributed by atoms with Crippen LogP contribution in [-0.4, -0.2) is 23.3 Å². The van der Waals surface area contributed by atoms with Crippen LogP contribution in [0, 0.1) is 0 Å². The van der Waals surface area contributed by atoms with Gasteiger partial charge in [0.05, 0.1) is 6.10 Å². The molecule has 4 heteroatoms. The molecule has 4 nitrogen and oxygen atoms in total. The number of nitrogens with one attached hydrogen (secondary N) is 1. The van der Waals surface area contributed by atoms with Crippen LogP contribution in [0.15, 0.2) is 42.5 Å². The minimum atomic E-state index is -0.519. The maximum atomic E-state index is 11.4. The fraction of sp³-hybridized carbons (Fsp3) is 0.357. The Morgan fingerprint density at radius 1 is 1.33 bits per heavy atom. The van der Waals surface area contributed by atoms with Crippen molar-refractivity contribution in [3.8, 4) is 0 Å². The molecule has 0 aliphatic rings. The van der Waals surface area contributed by atoms with E-state index in [1.807, 2.05) is 37.3 Å². The van der Waals surface area contributed by atoms with E-state index in [-0.39, 0.29) is 12.6 Å². The van der Waals surface area contributed by atoms with Crippen LogP contribution in [0.2, 0.25) is 0 Å². The van der Waals surface area contributed by atoms with Crippen molar-refractivity contribution in [2.45, 2.75) is 32.6 Å². The van der Waals surface area contributed by atoms with E-state index < -0.39 is 12.2 Å². The van der Waals surface area contributed by atoms with Crippen LogP contribution >= 0.6 is 0 Å². The van der Waals surface area contributed by atoms with Gasteiger partial charge in [-0.05, 0) is 19.4 Å². The largest absolute Gasteiger partial charge is 0.445 e. The molecule has 0 saturated heterocycles. The van der Waals surface area contributed by atoms with Gasteiger partial charge in [0.25, 0.3) is 0 Å². The number of aliphatic hydroxyl groups is 1. The Morgan fingerprint density at radius 2 is 2.00 bits per heavy atom. The minimum Gasteiger partial charge on any atom is -0.445 e. The average molecular weight is 249 g/mol.